The fourth-order valence-electron chi connectivity index (χ4n) is 3.55. The third-order valence-corrected chi connectivity index (χ3v) is 4.87. The minimum atomic E-state index is -0.483. The zero-order chi connectivity index (χ0) is 18.9. The molecule has 0 N–H and O–H groups in total. The molecule has 0 fully saturated rings. The molecule has 0 radical (unpaired) electrons. The van der Waals surface area contributed by atoms with Gasteiger partial charge in [0, 0.05) is 41.1 Å². The van der Waals surface area contributed by atoms with Crippen LogP contribution in [0.1, 0.15) is 32.8 Å². The summed E-state index contributed by atoms with van der Waals surface area (Å²) in [5.74, 6) is -0.220. The Morgan fingerprint density at radius 2 is 1.92 bits per heavy atom. The van der Waals surface area contributed by atoms with Crippen molar-refractivity contribution in [2.24, 2.45) is 0 Å². The predicted molar refractivity (Wildman–Crippen MR) is 102 cm³/mol. The van der Waals surface area contributed by atoms with Gasteiger partial charge in [-0.15, -0.1) is 0 Å². The van der Waals surface area contributed by atoms with Crippen molar-refractivity contribution in [2.75, 3.05) is 11.4 Å². The highest BCUT2D eigenvalue weighted by atomic mass is 16.6. The first kappa shape index (κ1) is 17.9. The average Bonchev–Trinajstić information content (AvgIpc) is 2.82. The number of benzene rings is 1. The molecule has 1 heterocycles. The highest BCUT2D eigenvalue weighted by Gasteiger charge is 2.39. The van der Waals surface area contributed by atoms with Crippen LogP contribution in [0.3, 0.4) is 0 Å². The van der Waals surface area contributed by atoms with Crippen LogP contribution in [0.25, 0.3) is 0 Å². The first-order valence-electron chi connectivity index (χ1n) is 8.74. The maximum atomic E-state index is 12.1. The van der Waals surface area contributed by atoms with E-state index in [9.17, 15) is 14.9 Å². The van der Waals surface area contributed by atoms with Crippen molar-refractivity contribution in [3.05, 3.63) is 87.3 Å². The van der Waals surface area contributed by atoms with Gasteiger partial charge >= 0.3 is 0 Å². The van der Waals surface area contributed by atoms with Crippen LogP contribution >= 0.6 is 0 Å². The van der Waals surface area contributed by atoms with E-state index >= 15 is 0 Å². The number of allylic oxidation sites excluding steroid dienone is 7. The van der Waals surface area contributed by atoms with Crippen LogP contribution < -0.4 is 4.90 Å². The minimum Gasteiger partial charge on any atom is -0.344 e. The van der Waals surface area contributed by atoms with E-state index in [0.29, 0.717) is 5.57 Å². The second kappa shape index (κ2) is 6.75. The Labute approximate surface area is 153 Å². The fraction of sp³-hybridized carbons (Fsp3) is 0.286. The van der Waals surface area contributed by atoms with Crippen LogP contribution in [0, 0.1) is 10.1 Å². The number of carbonyl (C=O) groups is 1. The van der Waals surface area contributed by atoms with Crippen molar-refractivity contribution in [3.63, 3.8) is 0 Å². The lowest BCUT2D eigenvalue weighted by Gasteiger charge is -2.26. The van der Waals surface area contributed by atoms with Crippen molar-refractivity contribution >= 4 is 11.5 Å². The van der Waals surface area contributed by atoms with Crippen LogP contribution in [0.2, 0.25) is 0 Å². The molecule has 3 rings (SSSR count). The van der Waals surface area contributed by atoms with Gasteiger partial charge in [-0.3, -0.25) is 14.9 Å². The van der Waals surface area contributed by atoms with Gasteiger partial charge in [0.25, 0.3) is 5.70 Å². The van der Waals surface area contributed by atoms with Crippen molar-refractivity contribution in [1.29, 1.82) is 0 Å². The van der Waals surface area contributed by atoms with Crippen molar-refractivity contribution < 1.29 is 9.72 Å². The Bertz CT molecular complexity index is 888. The molecule has 1 aromatic rings. The monoisotopic (exact) mass is 350 g/mol. The number of hydrogen-bond acceptors (Lipinski definition) is 4. The Balaban J connectivity index is 2.06. The Kier molecular flexibility index (Phi) is 4.64. The fourth-order valence-corrected chi connectivity index (χ4v) is 3.55. The summed E-state index contributed by atoms with van der Waals surface area (Å²) in [7, 11) is 0. The summed E-state index contributed by atoms with van der Waals surface area (Å²) in [4.78, 5) is 24.9. The smallest absolute Gasteiger partial charge is 0.270 e. The average molecular weight is 350 g/mol. The molecule has 0 bridgehead atoms. The van der Waals surface area contributed by atoms with Crippen LogP contribution in [-0.2, 0) is 10.2 Å². The van der Waals surface area contributed by atoms with E-state index in [0.717, 1.165) is 18.7 Å². The van der Waals surface area contributed by atoms with Gasteiger partial charge in [0.15, 0.2) is 5.78 Å². The van der Waals surface area contributed by atoms with Crippen LogP contribution in [-0.4, -0.2) is 17.3 Å². The minimum absolute atomic E-state index is 0.0753. The Morgan fingerprint density at radius 1 is 1.19 bits per heavy atom. The molecular weight excluding hydrogens is 328 g/mol. The molecule has 134 valence electrons. The van der Waals surface area contributed by atoms with Gasteiger partial charge in [-0.1, -0.05) is 39.0 Å². The number of para-hydroxylation sites is 1. The topological polar surface area (TPSA) is 63.4 Å². The third kappa shape index (κ3) is 3.01. The standard InChI is InChI=1S/C21H22N2O3/c1-4-13-22-18-8-6-5-7-17(18)21(2,3)20(22)12-9-15-14-16(23(25)26)10-11-19(15)24/h5-12,14H,4,13H2,1-3H3/b15-9-,20-12-. The summed E-state index contributed by atoms with van der Waals surface area (Å²) in [6.45, 7) is 7.32. The maximum absolute atomic E-state index is 12.1. The Morgan fingerprint density at radius 3 is 2.62 bits per heavy atom. The zero-order valence-electron chi connectivity index (χ0n) is 15.2. The van der Waals surface area contributed by atoms with Crippen LogP contribution in [0.4, 0.5) is 5.69 Å². The molecule has 0 atom stereocenters. The molecule has 5 nitrogen and oxygen atoms in total. The molecule has 0 spiro atoms. The molecule has 1 aromatic carbocycles. The molecule has 5 heteroatoms. The van der Waals surface area contributed by atoms with Gasteiger partial charge in [0.2, 0.25) is 0 Å². The molecule has 0 saturated heterocycles. The number of carbonyl (C=O) groups excluding carboxylic acids is 1. The lowest BCUT2D eigenvalue weighted by Crippen LogP contribution is -2.26. The highest BCUT2D eigenvalue weighted by Crippen LogP contribution is 2.47. The van der Waals surface area contributed by atoms with E-state index < -0.39 is 4.92 Å². The van der Waals surface area contributed by atoms with E-state index in [4.69, 9.17) is 0 Å². The van der Waals surface area contributed by atoms with Gasteiger partial charge in [-0.2, -0.15) is 0 Å². The van der Waals surface area contributed by atoms with Gasteiger partial charge < -0.3 is 4.90 Å². The van der Waals surface area contributed by atoms with Gasteiger partial charge in [-0.25, -0.2) is 0 Å². The van der Waals surface area contributed by atoms with Gasteiger partial charge in [0.05, 0.1) is 4.92 Å². The number of fused-ring (bicyclic) bond motifs is 1. The summed E-state index contributed by atoms with van der Waals surface area (Å²) >= 11 is 0. The number of rotatable bonds is 4. The highest BCUT2D eigenvalue weighted by molar-refractivity contribution is 6.07. The molecule has 0 aromatic heterocycles. The molecule has 26 heavy (non-hydrogen) atoms. The van der Waals surface area contributed by atoms with Crippen molar-refractivity contribution in [1.82, 2.24) is 0 Å². The maximum Gasteiger partial charge on any atom is 0.270 e. The lowest BCUT2D eigenvalue weighted by atomic mass is 9.83. The van der Waals surface area contributed by atoms with Gasteiger partial charge in [0.1, 0.15) is 0 Å². The van der Waals surface area contributed by atoms with Gasteiger partial charge in [-0.05, 0) is 36.3 Å². The normalized spacial score (nSPS) is 21.3. The van der Waals surface area contributed by atoms with E-state index in [1.54, 1.807) is 6.08 Å². The van der Waals surface area contributed by atoms with E-state index in [1.165, 1.54) is 29.5 Å². The van der Waals surface area contributed by atoms with Crippen LogP contribution in [0.5, 0.6) is 0 Å². The lowest BCUT2D eigenvalue weighted by molar-refractivity contribution is -0.419. The SMILES string of the molecule is CCCN1/C(=C\C=C2\C=C([N+](=O)[O-])C=CC2=O)C(C)(C)c2ccccc21. The predicted octanol–water partition coefficient (Wildman–Crippen LogP) is 4.30. The number of hydrogen-bond donors (Lipinski definition) is 0. The first-order valence-corrected chi connectivity index (χ1v) is 8.74. The summed E-state index contributed by atoms with van der Waals surface area (Å²) in [6.07, 6.45) is 8.44. The molecule has 0 amide bonds. The second-order valence-electron chi connectivity index (χ2n) is 6.99. The molecule has 0 unspecified atom stereocenters. The summed E-state index contributed by atoms with van der Waals surface area (Å²) in [5, 5.41) is 11.0. The van der Waals surface area contributed by atoms with E-state index in [-0.39, 0.29) is 16.9 Å². The number of nitro groups is 1. The molecular formula is C21H22N2O3. The molecule has 1 aliphatic carbocycles. The summed E-state index contributed by atoms with van der Waals surface area (Å²) in [5.41, 5.74) is 3.57. The van der Waals surface area contributed by atoms with E-state index in [2.05, 4.69) is 37.8 Å². The first-order chi connectivity index (χ1) is 12.4. The zero-order valence-corrected chi connectivity index (χ0v) is 15.2. The van der Waals surface area contributed by atoms with Crippen LogP contribution in [0.15, 0.2) is 71.6 Å². The summed E-state index contributed by atoms with van der Waals surface area (Å²) in [6, 6.07) is 8.30. The van der Waals surface area contributed by atoms with E-state index in [1.807, 2.05) is 18.2 Å². The summed E-state index contributed by atoms with van der Waals surface area (Å²) < 4.78 is 0. The number of nitrogens with zero attached hydrogens (tertiary/aromatic N) is 2. The molecule has 2 aliphatic rings. The Hall–Kier alpha value is -2.95. The quantitative estimate of drug-likeness (QED) is 0.461. The van der Waals surface area contributed by atoms with Crippen molar-refractivity contribution in [2.45, 2.75) is 32.6 Å². The largest absolute Gasteiger partial charge is 0.344 e. The number of anilines is 1. The van der Waals surface area contributed by atoms with Crippen molar-refractivity contribution in [3.8, 4) is 0 Å². The molecule has 1 aliphatic heterocycles. The second-order valence-corrected chi connectivity index (χ2v) is 6.99. The molecule has 0 saturated carbocycles. The number of ketones is 1. The third-order valence-electron chi connectivity index (χ3n) is 4.87.